The first-order valence-electron chi connectivity index (χ1n) is 3.75. The maximum atomic E-state index is 11.9. The smallest absolute Gasteiger partial charge is 0.404 e. The average Bonchev–Trinajstić information content (AvgIpc) is 1.99. The first kappa shape index (κ1) is 11.8. The molecular weight excluding hydrogens is 233 g/mol. The van der Waals surface area contributed by atoms with Crippen molar-refractivity contribution in [3.63, 3.8) is 0 Å². The quantitative estimate of drug-likeness (QED) is 0.794. The molecule has 7 heteroatoms. The van der Waals surface area contributed by atoms with Gasteiger partial charge in [-0.1, -0.05) is 12.1 Å². The largest absolute Gasteiger partial charge is 0.573 e. The van der Waals surface area contributed by atoms with Crippen LogP contribution in [0.5, 0.6) is 5.75 Å². The molecule has 0 fully saturated rings. The number of alkyl halides is 3. The molecule has 3 nitrogen and oxygen atoms in total. The van der Waals surface area contributed by atoms with Gasteiger partial charge in [0.15, 0.2) is 9.84 Å². The zero-order valence-corrected chi connectivity index (χ0v) is 8.39. The van der Waals surface area contributed by atoms with Gasteiger partial charge >= 0.3 is 6.36 Å². The predicted molar refractivity (Wildman–Crippen MR) is 46.2 cm³/mol. The van der Waals surface area contributed by atoms with Crippen LogP contribution in [0, 0.1) is 0 Å². The van der Waals surface area contributed by atoms with Crippen molar-refractivity contribution in [1.29, 1.82) is 0 Å². The van der Waals surface area contributed by atoms with Crippen LogP contribution in [0.1, 0.15) is 0 Å². The van der Waals surface area contributed by atoms with E-state index in [1.165, 1.54) is 12.1 Å². The van der Waals surface area contributed by atoms with Crippen LogP contribution < -0.4 is 4.74 Å². The van der Waals surface area contributed by atoms with Crippen LogP contribution in [0.25, 0.3) is 0 Å². The molecule has 0 amide bonds. The van der Waals surface area contributed by atoms with E-state index in [9.17, 15) is 21.6 Å². The second-order valence-electron chi connectivity index (χ2n) is 2.77. The van der Waals surface area contributed by atoms with Crippen LogP contribution in [-0.2, 0) is 9.84 Å². The van der Waals surface area contributed by atoms with Gasteiger partial charge in [-0.15, -0.1) is 13.2 Å². The van der Waals surface area contributed by atoms with Crippen LogP contribution in [0.15, 0.2) is 29.2 Å². The van der Waals surface area contributed by atoms with Gasteiger partial charge in [-0.05, 0) is 12.1 Å². The molecule has 15 heavy (non-hydrogen) atoms. The van der Waals surface area contributed by atoms with Gasteiger partial charge in [-0.25, -0.2) is 8.42 Å². The molecule has 84 valence electrons. The summed E-state index contributed by atoms with van der Waals surface area (Å²) in [5, 5.41) is 0. The Hall–Kier alpha value is -1.24. The zero-order chi connectivity index (χ0) is 11.7. The zero-order valence-electron chi connectivity index (χ0n) is 7.58. The normalized spacial score (nSPS) is 12.5. The van der Waals surface area contributed by atoms with Gasteiger partial charge in [0.2, 0.25) is 0 Å². The highest BCUT2D eigenvalue weighted by molar-refractivity contribution is 7.90. The predicted octanol–water partition coefficient (Wildman–Crippen LogP) is 1.99. The van der Waals surface area contributed by atoms with Crippen molar-refractivity contribution in [3.05, 3.63) is 24.3 Å². The van der Waals surface area contributed by atoms with E-state index in [-0.39, 0.29) is 0 Å². The highest BCUT2D eigenvalue weighted by Gasteiger charge is 2.33. The summed E-state index contributed by atoms with van der Waals surface area (Å²) in [6, 6.07) is 4.58. The molecule has 0 heterocycles. The van der Waals surface area contributed by atoms with Crippen LogP contribution in [0.3, 0.4) is 0 Å². The first-order valence-corrected chi connectivity index (χ1v) is 5.64. The Morgan fingerprint density at radius 3 is 2.20 bits per heavy atom. The van der Waals surface area contributed by atoms with Gasteiger partial charge in [-0.2, -0.15) is 0 Å². The van der Waals surface area contributed by atoms with Crippen LogP contribution >= 0.6 is 0 Å². The van der Waals surface area contributed by atoms with Gasteiger partial charge in [0, 0.05) is 6.26 Å². The highest BCUT2D eigenvalue weighted by Crippen LogP contribution is 2.28. The fraction of sp³-hybridized carbons (Fsp3) is 0.250. The number of rotatable bonds is 2. The third-order valence-corrected chi connectivity index (χ3v) is 2.61. The van der Waals surface area contributed by atoms with E-state index in [2.05, 4.69) is 4.74 Å². The van der Waals surface area contributed by atoms with Crippen molar-refractivity contribution < 1.29 is 26.3 Å². The summed E-state index contributed by atoms with van der Waals surface area (Å²) >= 11 is 0. The molecule has 0 aliphatic rings. The van der Waals surface area contributed by atoms with E-state index < -0.39 is 26.8 Å². The van der Waals surface area contributed by atoms with Crippen molar-refractivity contribution in [3.8, 4) is 5.75 Å². The van der Waals surface area contributed by atoms with Crippen molar-refractivity contribution in [2.24, 2.45) is 0 Å². The molecule has 0 aliphatic carbocycles. The lowest BCUT2D eigenvalue weighted by Gasteiger charge is -2.11. The summed E-state index contributed by atoms with van der Waals surface area (Å²) < 4.78 is 61.4. The van der Waals surface area contributed by atoms with Gasteiger partial charge < -0.3 is 4.74 Å². The fourth-order valence-corrected chi connectivity index (χ4v) is 1.77. The fourth-order valence-electron chi connectivity index (χ4n) is 0.965. The number of hydrogen-bond acceptors (Lipinski definition) is 3. The number of hydrogen-bond donors (Lipinski definition) is 0. The van der Waals surface area contributed by atoms with Crippen molar-refractivity contribution >= 4 is 9.84 Å². The Labute approximate surface area is 84.4 Å². The van der Waals surface area contributed by atoms with E-state index in [1.807, 2.05) is 0 Å². The Kier molecular flexibility index (Phi) is 2.94. The minimum Gasteiger partial charge on any atom is -0.404 e. The third kappa shape index (κ3) is 3.43. The van der Waals surface area contributed by atoms with E-state index in [0.717, 1.165) is 18.4 Å². The lowest BCUT2D eigenvalue weighted by Crippen LogP contribution is -2.18. The molecule has 1 rings (SSSR count). The monoisotopic (exact) mass is 240 g/mol. The minimum atomic E-state index is -4.90. The standard InChI is InChI=1S/C8H7F3O3S/c1-15(12,13)7-5-3-2-4-6(7)14-8(9,10)11/h2-5H,1H3. The third-order valence-electron chi connectivity index (χ3n) is 1.47. The highest BCUT2D eigenvalue weighted by atomic mass is 32.2. The molecule has 0 aliphatic heterocycles. The number of ether oxygens (including phenoxy) is 1. The number of benzene rings is 1. The second kappa shape index (κ2) is 3.73. The summed E-state index contributed by atoms with van der Waals surface area (Å²) in [6.45, 7) is 0. The number of para-hydroxylation sites is 1. The van der Waals surface area contributed by atoms with Crippen molar-refractivity contribution in [1.82, 2.24) is 0 Å². The van der Waals surface area contributed by atoms with E-state index in [4.69, 9.17) is 0 Å². The van der Waals surface area contributed by atoms with Gasteiger partial charge in [0.05, 0.1) is 0 Å². The second-order valence-corrected chi connectivity index (χ2v) is 4.75. The molecule has 0 N–H and O–H groups in total. The van der Waals surface area contributed by atoms with E-state index in [0.29, 0.717) is 0 Å². The SMILES string of the molecule is CS(=O)(=O)c1ccccc1OC(F)(F)F. The summed E-state index contributed by atoms with van der Waals surface area (Å²) in [6.07, 6.45) is -4.09. The summed E-state index contributed by atoms with van der Waals surface area (Å²) in [5.41, 5.74) is 0. The lowest BCUT2D eigenvalue weighted by molar-refractivity contribution is -0.275. The van der Waals surface area contributed by atoms with Crippen LogP contribution in [0.4, 0.5) is 13.2 Å². The molecular formula is C8H7F3O3S. The van der Waals surface area contributed by atoms with Gasteiger partial charge in [-0.3, -0.25) is 0 Å². The molecule has 0 bridgehead atoms. The number of sulfone groups is 1. The Morgan fingerprint density at radius 1 is 1.20 bits per heavy atom. The molecule has 0 aromatic heterocycles. The molecule has 1 aromatic rings. The van der Waals surface area contributed by atoms with Crippen LogP contribution in [0.2, 0.25) is 0 Å². The van der Waals surface area contributed by atoms with Crippen molar-refractivity contribution in [2.45, 2.75) is 11.3 Å². The Bertz CT molecular complexity index is 450. The average molecular weight is 240 g/mol. The molecule has 0 saturated heterocycles. The van der Waals surface area contributed by atoms with Gasteiger partial charge in [0.1, 0.15) is 10.6 Å². The molecule has 0 saturated carbocycles. The summed E-state index contributed by atoms with van der Waals surface area (Å²) in [5.74, 6) is -0.715. The van der Waals surface area contributed by atoms with E-state index in [1.54, 1.807) is 0 Å². The van der Waals surface area contributed by atoms with Gasteiger partial charge in [0.25, 0.3) is 0 Å². The lowest BCUT2D eigenvalue weighted by atomic mass is 10.3. The Balaban J connectivity index is 3.20. The topological polar surface area (TPSA) is 43.4 Å². The molecule has 0 radical (unpaired) electrons. The molecule has 1 aromatic carbocycles. The maximum Gasteiger partial charge on any atom is 0.573 e. The van der Waals surface area contributed by atoms with Crippen LogP contribution in [-0.4, -0.2) is 21.0 Å². The Morgan fingerprint density at radius 2 is 1.73 bits per heavy atom. The maximum absolute atomic E-state index is 11.9. The minimum absolute atomic E-state index is 0.484. The molecule has 0 atom stereocenters. The summed E-state index contributed by atoms with van der Waals surface area (Å²) in [4.78, 5) is -0.484. The van der Waals surface area contributed by atoms with E-state index >= 15 is 0 Å². The molecule has 0 spiro atoms. The number of halogens is 3. The van der Waals surface area contributed by atoms with Crippen molar-refractivity contribution in [2.75, 3.05) is 6.26 Å². The summed E-state index contributed by atoms with van der Waals surface area (Å²) in [7, 11) is -3.73. The molecule has 0 unspecified atom stereocenters. The first-order chi connectivity index (χ1) is 6.70.